The van der Waals surface area contributed by atoms with Crippen molar-refractivity contribution in [3.05, 3.63) is 103 Å². The van der Waals surface area contributed by atoms with Gasteiger partial charge in [-0.05, 0) is 49.6 Å². The average molecular weight is 618 g/mol. The first-order chi connectivity index (χ1) is 19.8. The van der Waals surface area contributed by atoms with Gasteiger partial charge in [-0.25, -0.2) is 4.98 Å². The summed E-state index contributed by atoms with van der Waals surface area (Å²) in [7, 11) is 0. The number of aryl methyl sites for hydroxylation is 1. The Morgan fingerprint density at radius 3 is 2.66 bits per heavy atom. The number of nitro benzene ring substituents is 1. The molecule has 10 nitrogen and oxygen atoms in total. The molecule has 0 saturated heterocycles. The quantitative estimate of drug-likeness (QED) is 0.140. The fourth-order valence-corrected chi connectivity index (χ4v) is 5.49. The van der Waals surface area contributed by atoms with Crippen molar-refractivity contribution in [3.63, 3.8) is 0 Å². The van der Waals surface area contributed by atoms with Crippen LogP contribution in [0.2, 0.25) is 0 Å². The van der Waals surface area contributed by atoms with Crippen molar-refractivity contribution in [2.24, 2.45) is 5.10 Å². The van der Waals surface area contributed by atoms with Crippen LogP contribution < -0.4 is 15.6 Å². The molecule has 210 valence electrons. The first-order valence-corrected chi connectivity index (χ1v) is 14.1. The number of nitrogens with zero attached hydrogens (tertiary/aromatic N) is 4. The van der Waals surface area contributed by atoms with Crippen LogP contribution in [-0.2, 0) is 4.79 Å². The number of halogens is 1. The van der Waals surface area contributed by atoms with Crippen molar-refractivity contribution in [1.29, 1.82) is 0 Å². The molecule has 1 aliphatic rings. The summed E-state index contributed by atoms with van der Waals surface area (Å²) in [6, 6.07) is 17.3. The molecular formula is C30H28BrN5O5. The number of ether oxygens (including phenoxy) is 1. The molecule has 0 unspecified atom stereocenters. The molecule has 1 aromatic heterocycles. The summed E-state index contributed by atoms with van der Waals surface area (Å²) < 4.78 is 7.43. The van der Waals surface area contributed by atoms with Crippen LogP contribution in [-0.4, -0.2) is 33.3 Å². The summed E-state index contributed by atoms with van der Waals surface area (Å²) in [4.78, 5) is 42.4. The molecule has 0 bridgehead atoms. The zero-order valence-electron chi connectivity index (χ0n) is 22.4. The number of amides is 1. The van der Waals surface area contributed by atoms with E-state index in [2.05, 4.69) is 26.3 Å². The van der Waals surface area contributed by atoms with Crippen molar-refractivity contribution >= 4 is 50.3 Å². The molecule has 3 aromatic carbocycles. The molecule has 1 aliphatic carbocycles. The number of nitro groups is 1. The molecule has 5 rings (SSSR count). The highest BCUT2D eigenvalue weighted by atomic mass is 79.9. The van der Waals surface area contributed by atoms with Crippen molar-refractivity contribution in [2.75, 3.05) is 11.9 Å². The molecule has 1 N–H and O–H groups in total. The van der Waals surface area contributed by atoms with E-state index in [0.717, 1.165) is 37.7 Å². The van der Waals surface area contributed by atoms with Gasteiger partial charge in [0.05, 0.1) is 22.0 Å². The summed E-state index contributed by atoms with van der Waals surface area (Å²) in [6.45, 7) is 1.39. The standard InChI is InChI=1S/C30H28BrN5O5/c1-19-9-5-7-13-24(19)33-27(37)18-41-28-21(15-22(31)16-26(28)36(39)40)17-32-35-29(20-10-3-2-4-11-20)34-25-14-8-6-12-23(25)30(35)38/h5-9,12-17,20H,2-4,10-11,18H2,1H3,(H,33,37). The van der Waals surface area contributed by atoms with Gasteiger partial charge >= 0.3 is 5.69 Å². The fourth-order valence-electron chi connectivity index (χ4n) is 5.02. The van der Waals surface area contributed by atoms with E-state index in [1.807, 2.05) is 31.2 Å². The second-order valence-electron chi connectivity index (χ2n) is 9.94. The normalized spacial score (nSPS) is 13.9. The zero-order chi connectivity index (χ0) is 28.9. The Bertz CT molecular complexity index is 1710. The lowest BCUT2D eigenvalue weighted by atomic mass is 9.88. The van der Waals surface area contributed by atoms with Gasteiger partial charge in [-0.3, -0.25) is 19.7 Å². The van der Waals surface area contributed by atoms with E-state index in [1.54, 1.807) is 30.3 Å². The molecule has 0 atom stereocenters. The van der Waals surface area contributed by atoms with Crippen LogP contribution in [0.3, 0.4) is 0 Å². The molecule has 11 heteroatoms. The van der Waals surface area contributed by atoms with Crippen LogP contribution in [0.5, 0.6) is 5.75 Å². The van der Waals surface area contributed by atoms with Crippen LogP contribution in [0.4, 0.5) is 11.4 Å². The number of hydrogen-bond acceptors (Lipinski definition) is 7. The number of nitrogens with one attached hydrogen (secondary N) is 1. The number of para-hydroxylation sites is 2. The first-order valence-electron chi connectivity index (χ1n) is 13.3. The van der Waals surface area contributed by atoms with Crippen LogP contribution >= 0.6 is 15.9 Å². The minimum Gasteiger partial charge on any atom is -0.476 e. The Hall–Kier alpha value is -4.38. The third kappa shape index (κ3) is 6.35. The van der Waals surface area contributed by atoms with Gasteiger partial charge in [-0.1, -0.05) is 65.5 Å². The lowest BCUT2D eigenvalue weighted by Crippen LogP contribution is -2.25. The number of anilines is 1. The number of rotatable bonds is 8. The Labute approximate surface area is 244 Å². The van der Waals surface area contributed by atoms with E-state index in [9.17, 15) is 19.7 Å². The van der Waals surface area contributed by atoms with E-state index < -0.39 is 17.4 Å². The van der Waals surface area contributed by atoms with Gasteiger partial charge in [0.25, 0.3) is 11.5 Å². The Kier molecular flexibility index (Phi) is 8.53. The maximum absolute atomic E-state index is 13.6. The SMILES string of the molecule is Cc1ccccc1NC(=O)COc1c(C=Nn2c(C3CCCCC3)nc3ccccc3c2=O)cc(Br)cc1[N+](=O)[O-]. The average Bonchev–Trinajstić information content (AvgIpc) is 2.97. The summed E-state index contributed by atoms with van der Waals surface area (Å²) >= 11 is 3.32. The number of carbonyl (C=O) groups is 1. The van der Waals surface area contributed by atoms with E-state index in [4.69, 9.17) is 9.72 Å². The van der Waals surface area contributed by atoms with Gasteiger partial charge in [0.15, 0.2) is 6.61 Å². The monoisotopic (exact) mass is 617 g/mol. The fraction of sp³-hybridized carbons (Fsp3) is 0.267. The number of hydrogen-bond donors (Lipinski definition) is 1. The Morgan fingerprint density at radius 2 is 1.90 bits per heavy atom. The van der Waals surface area contributed by atoms with E-state index in [1.165, 1.54) is 17.0 Å². The molecule has 0 aliphatic heterocycles. The molecule has 1 fully saturated rings. The smallest absolute Gasteiger partial charge is 0.312 e. The summed E-state index contributed by atoms with van der Waals surface area (Å²) in [5.41, 5.74) is 1.65. The van der Waals surface area contributed by atoms with Crippen molar-refractivity contribution in [2.45, 2.75) is 44.9 Å². The number of carbonyl (C=O) groups excluding carboxylic acids is 1. The second kappa shape index (κ2) is 12.4. The van der Waals surface area contributed by atoms with Crippen molar-refractivity contribution < 1.29 is 14.5 Å². The highest BCUT2D eigenvalue weighted by Crippen LogP contribution is 2.35. The molecule has 0 spiro atoms. The maximum atomic E-state index is 13.6. The lowest BCUT2D eigenvalue weighted by molar-refractivity contribution is -0.385. The third-order valence-electron chi connectivity index (χ3n) is 7.09. The Balaban J connectivity index is 1.52. The molecule has 1 amide bonds. The van der Waals surface area contributed by atoms with Crippen LogP contribution in [0.15, 0.2) is 75.0 Å². The summed E-state index contributed by atoms with van der Waals surface area (Å²) in [5, 5.41) is 19.6. The highest BCUT2D eigenvalue weighted by Gasteiger charge is 2.24. The zero-order valence-corrected chi connectivity index (χ0v) is 24.0. The third-order valence-corrected chi connectivity index (χ3v) is 7.55. The van der Waals surface area contributed by atoms with Gasteiger partial charge in [0.1, 0.15) is 5.82 Å². The first kappa shape index (κ1) is 28.2. The van der Waals surface area contributed by atoms with Gasteiger partial charge in [-0.15, -0.1) is 0 Å². The minimum atomic E-state index is -0.589. The largest absolute Gasteiger partial charge is 0.476 e. The predicted molar refractivity (Wildman–Crippen MR) is 161 cm³/mol. The van der Waals surface area contributed by atoms with Crippen LogP contribution in [0, 0.1) is 17.0 Å². The Morgan fingerprint density at radius 1 is 1.17 bits per heavy atom. The van der Waals surface area contributed by atoms with E-state index in [-0.39, 0.29) is 28.5 Å². The summed E-state index contributed by atoms with van der Waals surface area (Å²) in [6.07, 6.45) is 6.35. The molecule has 4 aromatic rings. The highest BCUT2D eigenvalue weighted by molar-refractivity contribution is 9.10. The maximum Gasteiger partial charge on any atom is 0.312 e. The lowest BCUT2D eigenvalue weighted by Gasteiger charge is -2.22. The number of fused-ring (bicyclic) bond motifs is 1. The van der Waals surface area contributed by atoms with Gasteiger partial charge in [-0.2, -0.15) is 9.78 Å². The topological polar surface area (TPSA) is 129 Å². The van der Waals surface area contributed by atoms with Crippen molar-refractivity contribution in [3.8, 4) is 5.75 Å². The minimum absolute atomic E-state index is 0.0657. The van der Waals surface area contributed by atoms with Gasteiger partial charge < -0.3 is 10.1 Å². The summed E-state index contributed by atoms with van der Waals surface area (Å²) in [5.74, 6) is 0.0157. The second-order valence-corrected chi connectivity index (χ2v) is 10.9. The number of benzene rings is 3. The van der Waals surface area contributed by atoms with Crippen molar-refractivity contribution in [1.82, 2.24) is 9.66 Å². The predicted octanol–water partition coefficient (Wildman–Crippen LogP) is 6.32. The molecule has 41 heavy (non-hydrogen) atoms. The molecule has 0 radical (unpaired) electrons. The van der Waals surface area contributed by atoms with Crippen LogP contribution in [0.25, 0.3) is 10.9 Å². The molecule has 1 heterocycles. The number of aromatic nitrogens is 2. The van der Waals surface area contributed by atoms with Crippen LogP contribution in [0.1, 0.15) is 55.0 Å². The van der Waals surface area contributed by atoms with Gasteiger partial charge in [0.2, 0.25) is 5.75 Å². The van der Waals surface area contributed by atoms with E-state index in [0.29, 0.717) is 26.9 Å². The molecule has 1 saturated carbocycles. The van der Waals surface area contributed by atoms with E-state index >= 15 is 0 Å². The molecular weight excluding hydrogens is 590 g/mol. The van der Waals surface area contributed by atoms with Gasteiger partial charge in [0, 0.05) is 27.7 Å².